The number of hydrogen-bond acceptors (Lipinski definition) is 5. The molecule has 36 heavy (non-hydrogen) atoms. The van der Waals surface area contributed by atoms with Crippen molar-refractivity contribution in [1.82, 2.24) is 0 Å². The van der Waals surface area contributed by atoms with Gasteiger partial charge in [0.15, 0.2) is 5.78 Å². The van der Waals surface area contributed by atoms with Gasteiger partial charge in [-0.15, -0.1) is 0 Å². The Balaban J connectivity index is 1.48. The van der Waals surface area contributed by atoms with Gasteiger partial charge in [0.25, 0.3) is 0 Å². The molecule has 0 aromatic heterocycles. The lowest BCUT2D eigenvalue weighted by Gasteiger charge is -2.36. The first-order valence-electron chi connectivity index (χ1n) is 11.5. The summed E-state index contributed by atoms with van der Waals surface area (Å²) in [7, 11) is 1.56. The maximum Gasteiger partial charge on any atom is 0.240 e. The van der Waals surface area contributed by atoms with Crippen molar-refractivity contribution in [3.05, 3.63) is 94.0 Å². The number of halogens is 2. The molecule has 2 fully saturated rings. The van der Waals surface area contributed by atoms with Gasteiger partial charge in [-0.2, -0.15) is 0 Å². The summed E-state index contributed by atoms with van der Waals surface area (Å²) >= 11 is 12.4. The van der Waals surface area contributed by atoms with Crippen LogP contribution in [0.2, 0.25) is 10.0 Å². The number of rotatable bonds is 4. The van der Waals surface area contributed by atoms with E-state index in [0.29, 0.717) is 27.0 Å². The third-order valence-electron chi connectivity index (χ3n) is 7.16. The van der Waals surface area contributed by atoms with E-state index in [2.05, 4.69) is 0 Å². The predicted octanol–water partition coefficient (Wildman–Crippen LogP) is 5.27. The number of hydrogen-bond donors (Lipinski definition) is 0. The fourth-order valence-corrected chi connectivity index (χ4v) is 6.18. The highest BCUT2D eigenvalue weighted by atomic mass is 35.5. The normalized spacial score (nSPS) is 24.0. The second-order valence-electron chi connectivity index (χ2n) is 9.04. The predicted molar refractivity (Wildman–Crippen MR) is 139 cm³/mol. The zero-order valence-corrected chi connectivity index (χ0v) is 20.6. The van der Waals surface area contributed by atoms with Crippen LogP contribution in [0.5, 0.6) is 5.75 Å². The molecule has 0 saturated carbocycles. The number of benzene rings is 3. The average Bonchev–Trinajstić information content (AvgIpc) is 3.35. The smallest absolute Gasteiger partial charge is 0.240 e. The molecule has 4 atom stereocenters. The van der Waals surface area contributed by atoms with Crippen molar-refractivity contribution in [2.24, 2.45) is 11.8 Å². The summed E-state index contributed by atoms with van der Waals surface area (Å²) in [5.74, 6) is -2.01. The Morgan fingerprint density at radius 2 is 1.56 bits per heavy atom. The van der Waals surface area contributed by atoms with Gasteiger partial charge in [-0.05, 0) is 54.1 Å². The molecule has 3 aliphatic rings. The number of carbonyl (C=O) groups is 3. The van der Waals surface area contributed by atoms with E-state index < -0.39 is 29.8 Å². The topological polar surface area (TPSA) is 66.9 Å². The van der Waals surface area contributed by atoms with E-state index in [4.69, 9.17) is 27.9 Å². The number of para-hydroxylation sites is 1. The monoisotopic (exact) mass is 518 g/mol. The highest BCUT2D eigenvalue weighted by molar-refractivity contribution is 6.36. The van der Waals surface area contributed by atoms with Gasteiger partial charge < -0.3 is 9.64 Å². The SMILES string of the molecule is COc1ccc(C(=O)[C@@H]2[C@@H]3C(=O)N(c4cc(Cl)cc(Cl)c4)C(=O)[C@@H]3[C@@H]3C=Cc4ccccc4N23)cc1. The molecule has 2 saturated heterocycles. The number of ether oxygens (including phenoxy) is 1. The second kappa shape index (κ2) is 8.50. The second-order valence-corrected chi connectivity index (χ2v) is 9.92. The number of nitrogens with zero attached hydrogens (tertiary/aromatic N) is 2. The molecule has 3 aliphatic heterocycles. The summed E-state index contributed by atoms with van der Waals surface area (Å²) in [5.41, 5.74) is 2.50. The lowest BCUT2D eigenvalue weighted by Crippen LogP contribution is -2.48. The third-order valence-corrected chi connectivity index (χ3v) is 7.60. The van der Waals surface area contributed by atoms with Crippen LogP contribution in [-0.2, 0) is 9.59 Å². The molecule has 0 unspecified atom stereocenters. The van der Waals surface area contributed by atoms with Crippen molar-refractivity contribution >= 4 is 58.3 Å². The summed E-state index contributed by atoms with van der Waals surface area (Å²) in [6.45, 7) is 0. The van der Waals surface area contributed by atoms with Crippen LogP contribution in [0.15, 0.2) is 72.8 Å². The first-order chi connectivity index (χ1) is 17.4. The number of ketones is 1. The molecule has 3 aromatic rings. The molecule has 8 heteroatoms. The van der Waals surface area contributed by atoms with Crippen molar-refractivity contribution in [2.75, 3.05) is 16.9 Å². The number of methoxy groups -OCH3 is 1. The summed E-state index contributed by atoms with van der Waals surface area (Å²) < 4.78 is 5.23. The third kappa shape index (κ3) is 3.36. The zero-order valence-electron chi connectivity index (χ0n) is 19.1. The summed E-state index contributed by atoms with van der Waals surface area (Å²) in [6.07, 6.45) is 3.87. The fraction of sp³-hybridized carbons (Fsp3) is 0.179. The largest absolute Gasteiger partial charge is 0.497 e. The number of anilines is 2. The summed E-state index contributed by atoms with van der Waals surface area (Å²) in [5, 5.41) is 0.628. The molecular weight excluding hydrogens is 499 g/mol. The Morgan fingerprint density at radius 3 is 2.25 bits per heavy atom. The Bertz CT molecular complexity index is 1430. The van der Waals surface area contributed by atoms with Gasteiger partial charge in [0.1, 0.15) is 11.8 Å². The lowest BCUT2D eigenvalue weighted by atomic mass is 9.86. The Kier molecular flexibility index (Phi) is 5.39. The van der Waals surface area contributed by atoms with Gasteiger partial charge in [0.05, 0.1) is 30.7 Å². The van der Waals surface area contributed by atoms with E-state index in [0.717, 1.165) is 16.2 Å². The molecule has 0 N–H and O–H groups in total. The highest BCUT2D eigenvalue weighted by Crippen LogP contribution is 2.50. The van der Waals surface area contributed by atoms with Crippen LogP contribution < -0.4 is 14.5 Å². The van der Waals surface area contributed by atoms with Crippen LogP contribution >= 0.6 is 23.2 Å². The van der Waals surface area contributed by atoms with Crippen LogP contribution in [0.1, 0.15) is 15.9 Å². The minimum atomic E-state index is -0.870. The van der Waals surface area contributed by atoms with Crippen molar-refractivity contribution < 1.29 is 19.1 Å². The number of imide groups is 1. The summed E-state index contributed by atoms with van der Waals surface area (Å²) in [4.78, 5) is 44.8. The Morgan fingerprint density at radius 1 is 0.889 bits per heavy atom. The maximum absolute atomic E-state index is 14.0. The van der Waals surface area contributed by atoms with Gasteiger partial charge in [0, 0.05) is 21.3 Å². The summed E-state index contributed by atoms with van der Waals surface area (Å²) in [6, 6.07) is 17.8. The van der Waals surface area contributed by atoms with Gasteiger partial charge >= 0.3 is 0 Å². The molecule has 0 radical (unpaired) electrons. The van der Waals surface area contributed by atoms with E-state index in [1.54, 1.807) is 31.4 Å². The minimum Gasteiger partial charge on any atom is -0.497 e. The molecule has 3 heterocycles. The van der Waals surface area contributed by atoms with Gasteiger partial charge in [-0.3, -0.25) is 14.4 Å². The number of amides is 2. The molecule has 6 rings (SSSR count). The average molecular weight is 519 g/mol. The van der Waals surface area contributed by atoms with E-state index in [9.17, 15) is 14.4 Å². The Hall–Kier alpha value is -3.61. The van der Waals surface area contributed by atoms with Crippen LogP contribution in [0.3, 0.4) is 0 Å². The molecule has 2 amide bonds. The molecule has 6 nitrogen and oxygen atoms in total. The van der Waals surface area contributed by atoms with Crippen molar-refractivity contribution in [3.63, 3.8) is 0 Å². The first-order valence-corrected chi connectivity index (χ1v) is 12.2. The molecule has 180 valence electrons. The molecule has 0 spiro atoms. The van der Waals surface area contributed by atoms with Crippen LogP contribution in [0.4, 0.5) is 11.4 Å². The molecule has 3 aromatic carbocycles. The van der Waals surface area contributed by atoms with Crippen molar-refractivity contribution in [1.29, 1.82) is 0 Å². The standard InChI is InChI=1S/C28H20Cl2N2O4/c1-36-20-9-6-16(7-10-20)26(33)25-24-23(22-11-8-15-4-2-3-5-21(15)32(22)25)27(34)31(28(24)35)19-13-17(29)12-18(30)14-19/h2-14,22-25H,1H3/t22-,23+,24+,25-/m0/s1. The van der Waals surface area contributed by atoms with E-state index >= 15 is 0 Å². The fourth-order valence-electron chi connectivity index (χ4n) is 5.66. The molecule has 0 bridgehead atoms. The van der Waals surface area contributed by atoms with Crippen LogP contribution in [0, 0.1) is 11.8 Å². The Labute approximate surface area is 217 Å². The van der Waals surface area contributed by atoms with E-state index in [-0.39, 0.29) is 11.7 Å². The minimum absolute atomic E-state index is 0.229. The number of fused-ring (bicyclic) bond motifs is 5. The first kappa shape index (κ1) is 22.8. The molecule has 0 aliphatic carbocycles. The van der Waals surface area contributed by atoms with E-state index in [1.807, 2.05) is 41.3 Å². The maximum atomic E-state index is 14.0. The quantitative estimate of drug-likeness (QED) is 0.347. The molecular formula is C28H20Cl2N2O4. The van der Waals surface area contributed by atoms with Gasteiger partial charge in [-0.25, -0.2) is 4.90 Å². The van der Waals surface area contributed by atoms with Gasteiger partial charge in [0.2, 0.25) is 11.8 Å². The van der Waals surface area contributed by atoms with Crippen molar-refractivity contribution in [3.8, 4) is 5.75 Å². The zero-order chi connectivity index (χ0) is 25.1. The number of Topliss-reactive ketones (excluding diaryl/α,β-unsaturated/α-hetero) is 1. The van der Waals surface area contributed by atoms with Crippen LogP contribution in [-0.4, -0.2) is 36.8 Å². The highest BCUT2D eigenvalue weighted by Gasteiger charge is 2.64. The van der Waals surface area contributed by atoms with Gasteiger partial charge in [-0.1, -0.05) is 53.6 Å². The lowest BCUT2D eigenvalue weighted by molar-refractivity contribution is -0.122. The van der Waals surface area contributed by atoms with Crippen LogP contribution in [0.25, 0.3) is 6.08 Å². The van der Waals surface area contributed by atoms with E-state index in [1.165, 1.54) is 18.2 Å². The number of carbonyl (C=O) groups excluding carboxylic acids is 3. The van der Waals surface area contributed by atoms with Crippen molar-refractivity contribution in [2.45, 2.75) is 12.1 Å².